The second-order valence-electron chi connectivity index (χ2n) is 7.03. The molecule has 1 atom stereocenters. The number of benzene rings is 2. The van der Waals surface area contributed by atoms with Gasteiger partial charge in [0, 0.05) is 12.7 Å². The molecule has 0 aliphatic rings. The molecular weight excluding hydrogens is 479 g/mol. The Morgan fingerprint density at radius 3 is 1.97 bits per heavy atom. The summed E-state index contributed by atoms with van der Waals surface area (Å²) < 4.78 is 32.8. The first-order chi connectivity index (χ1) is 17.4. The van der Waals surface area contributed by atoms with Crippen molar-refractivity contribution in [1.82, 2.24) is 0 Å². The molecule has 2 aromatic carbocycles. The lowest BCUT2D eigenvalue weighted by molar-refractivity contribution is 0.217. The lowest BCUT2D eigenvalue weighted by atomic mass is 10.1. The van der Waals surface area contributed by atoms with Gasteiger partial charge in [0.05, 0.1) is 19.8 Å². The highest BCUT2D eigenvalue weighted by Gasteiger charge is 2.23. The minimum atomic E-state index is -3.11. The van der Waals surface area contributed by atoms with Gasteiger partial charge in [0.2, 0.25) is 0 Å². The Morgan fingerprint density at radius 2 is 1.47 bits per heavy atom. The highest BCUT2D eigenvalue weighted by molar-refractivity contribution is 7.53. The second-order valence-corrected chi connectivity index (χ2v) is 9.13. The Bertz CT molecular complexity index is 810. The normalized spacial score (nSPS) is 11.4. The molecule has 36 heavy (non-hydrogen) atoms. The van der Waals surface area contributed by atoms with Gasteiger partial charge in [-0.15, -0.1) is 0 Å². The number of aryl methyl sites for hydroxylation is 1. The van der Waals surface area contributed by atoms with Crippen LogP contribution in [0.4, 0.5) is 0 Å². The maximum Gasteiger partial charge on any atom is 0.367 e. The molecule has 0 aliphatic carbocycles. The summed E-state index contributed by atoms with van der Waals surface area (Å²) in [6.45, 7) is 14.8. The highest BCUT2D eigenvalue weighted by Crippen LogP contribution is 2.47. The molecule has 0 radical (unpaired) electrons. The van der Waals surface area contributed by atoms with E-state index in [0.29, 0.717) is 30.3 Å². The summed E-state index contributed by atoms with van der Waals surface area (Å²) in [5.41, 5.74) is 1.77. The number of hydrogen-bond donors (Lipinski definition) is 2. The third-order valence-corrected chi connectivity index (χ3v) is 6.10. The van der Waals surface area contributed by atoms with Crippen LogP contribution in [-0.2, 0) is 26.6 Å². The van der Waals surface area contributed by atoms with Crippen LogP contribution in [0.15, 0.2) is 42.5 Å². The zero-order chi connectivity index (χ0) is 27.8. The molecule has 0 saturated carbocycles. The van der Waals surface area contributed by atoms with E-state index in [0.717, 1.165) is 25.7 Å². The molecule has 2 aromatic rings. The first-order valence-electron chi connectivity index (χ1n) is 13.0. The number of phenols is 1. The zero-order valence-corrected chi connectivity index (χ0v) is 24.5. The van der Waals surface area contributed by atoms with E-state index in [2.05, 4.69) is 13.8 Å². The summed E-state index contributed by atoms with van der Waals surface area (Å²) >= 11 is 0. The fraction of sp³-hybridized carbons (Fsp3) is 0.571. The van der Waals surface area contributed by atoms with E-state index in [9.17, 15) is 9.67 Å². The molecule has 0 heterocycles. The van der Waals surface area contributed by atoms with Crippen molar-refractivity contribution in [3.05, 3.63) is 53.6 Å². The number of aromatic hydroxyl groups is 1. The Morgan fingerprint density at radius 1 is 0.861 bits per heavy atom. The van der Waals surface area contributed by atoms with Crippen molar-refractivity contribution in [2.75, 3.05) is 26.7 Å². The van der Waals surface area contributed by atoms with E-state index in [1.165, 1.54) is 18.7 Å². The summed E-state index contributed by atoms with van der Waals surface area (Å²) in [7, 11) is -1.75. The van der Waals surface area contributed by atoms with Gasteiger partial charge in [-0.3, -0.25) is 4.57 Å². The summed E-state index contributed by atoms with van der Waals surface area (Å²) in [6.07, 6.45) is 4.20. The van der Waals surface area contributed by atoms with Crippen molar-refractivity contribution in [1.29, 1.82) is 0 Å². The number of aliphatic hydroxyl groups is 1. The van der Waals surface area contributed by atoms with Crippen LogP contribution in [0.3, 0.4) is 0 Å². The van der Waals surface area contributed by atoms with Gasteiger partial charge in [0.1, 0.15) is 17.2 Å². The SMILES string of the molecule is CC.CC.CCCCOc1ccc(O)c(CO)c1.CCCc1ccc(OCP(=O)(OC)OCC)cc1. The Balaban J connectivity index is 0. The van der Waals surface area contributed by atoms with Crippen molar-refractivity contribution < 1.29 is 33.3 Å². The molecular formula is C28H49O7P. The summed E-state index contributed by atoms with van der Waals surface area (Å²) in [5.74, 6) is 1.47. The molecule has 8 heteroatoms. The lowest BCUT2D eigenvalue weighted by Gasteiger charge is -2.16. The Labute approximate surface area is 219 Å². The van der Waals surface area contributed by atoms with E-state index in [1.807, 2.05) is 52.0 Å². The molecule has 0 aromatic heterocycles. The van der Waals surface area contributed by atoms with Crippen LogP contribution in [0, 0.1) is 0 Å². The fourth-order valence-corrected chi connectivity index (χ4v) is 3.63. The molecule has 0 bridgehead atoms. The first-order valence-corrected chi connectivity index (χ1v) is 14.7. The number of unbranched alkanes of at least 4 members (excludes halogenated alkanes) is 1. The molecule has 1 unspecified atom stereocenters. The molecule has 7 nitrogen and oxygen atoms in total. The van der Waals surface area contributed by atoms with Gasteiger partial charge in [-0.2, -0.15) is 0 Å². The van der Waals surface area contributed by atoms with E-state index in [1.54, 1.807) is 19.1 Å². The van der Waals surface area contributed by atoms with Crippen LogP contribution >= 0.6 is 7.60 Å². The van der Waals surface area contributed by atoms with Gasteiger partial charge in [0.25, 0.3) is 0 Å². The lowest BCUT2D eigenvalue weighted by Crippen LogP contribution is -2.04. The number of hydrogen-bond acceptors (Lipinski definition) is 7. The Hall–Kier alpha value is -2.05. The number of ether oxygens (including phenoxy) is 2. The van der Waals surface area contributed by atoms with E-state index < -0.39 is 7.60 Å². The van der Waals surface area contributed by atoms with Gasteiger partial charge in [-0.1, -0.05) is 66.5 Å². The second kappa shape index (κ2) is 23.4. The predicted octanol–water partition coefficient (Wildman–Crippen LogP) is 7.97. The van der Waals surface area contributed by atoms with Gasteiger partial charge in [0.15, 0.2) is 6.35 Å². The summed E-state index contributed by atoms with van der Waals surface area (Å²) in [4.78, 5) is 0. The third kappa shape index (κ3) is 15.8. The van der Waals surface area contributed by atoms with E-state index >= 15 is 0 Å². The smallest absolute Gasteiger partial charge is 0.367 e. The van der Waals surface area contributed by atoms with Crippen LogP contribution < -0.4 is 9.47 Å². The number of rotatable bonds is 13. The molecule has 2 N–H and O–H groups in total. The van der Waals surface area contributed by atoms with Gasteiger partial charge >= 0.3 is 7.60 Å². The summed E-state index contributed by atoms with van der Waals surface area (Å²) in [5, 5.41) is 18.2. The van der Waals surface area contributed by atoms with Crippen molar-refractivity contribution in [2.24, 2.45) is 0 Å². The number of aliphatic hydroxyl groups excluding tert-OH is 1. The minimum absolute atomic E-state index is 0.0650. The van der Waals surface area contributed by atoms with Crippen molar-refractivity contribution >= 4 is 7.60 Å². The van der Waals surface area contributed by atoms with Crippen LogP contribution in [0.5, 0.6) is 17.2 Å². The standard InChI is InChI=1S/C13H21O4P.C11H16O3.2C2H6/c1-4-6-12-7-9-13(10-8-12)16-11-18(14,15-3)17-5-2;1-2-3-6-14-10-4-5-11(13)9(7-10)8-12;2*1-2/h7-10H,4-6,11H2,1-3H3;4-5,7,12-13H,2-3,6,8H2,1H3;2*1-2H3. The molecule has 0 saturated heterocycles. The quantitative estimate of drug-likeness (QED) is 0.201. The van der Waals surface area contributed by atoms with Crippen molar-refractivity contribution in [2.45, 2.75) is 80.8 Å². The van der Waals surface area contributed by atoms with Crippen LogP contribution in [0.1, 0.15) is 78.9 Å². The van der Waals surface area contributed by atoms with E-state index in [4.69, 9.17) is 23.6 Å². The molecule has 2 rings (SSSR count). The van der Waals surface area contributed by atoms with Crippen LogP contribution in [0.2, 0.25) is 0 Å². The average molecular weight is 529 g/mol. The monoisotopic (exact) mass is 528 g/mol. The van der Waals surface area contributed by atoms with Crippen molar-refractivity contribution in [3.63, 3.8) is 0 Å². The first kappa shape index (κ1) is 36.1. The van der Waals surface area contributed by atoms with Crippen LogP contribution in [-0.4, -0.2) is 36.9 Å². The maximum absolute atomic E-state index is 12.0. The Kier molecular flexibility index (Phi) is 23.4. The average Bonchev–Trinajstić information content (AvgIpc) is 2.92. The van der Waals surface area contributed by atoms with Gasteiger partial charge < -0.3 is 28.7 Å². The topological polar surface area (TPSA) is 94.5 Å². The summed E-state index contributed by atoms with van der Waals surface area (Å²) in [6, 6.07) is 12.7. The van der Waals surface area contributed by atoms with Crippen LogP contribution in [0.25, 0.3) is 0 Å². The van der Waals surface area contributed by atoms with Crippen molar-refractivity contribution in [3.8, 4) is 17.2 Å². The third-order valence-electron chi connectivity index (χ3n) is 4.44. The largest absolute Gasteiger partial charge is 0.508 e. The fourth-order valence-electron chi connectivity index (χ4n) is 2.65. The van der Waals surface area contributed by atoms with Gasteiger partial charge in [-0.05, 0) is 55.7 Å². The maximum atomic E-state index is 12.0. The molecule has 208 valence electrons. The molecule has 0 amide bonds. The minimum Gasteiger partial charge on any atom is -0.508 e. The molecule has 0 spiro atoms. The molecule has 0 fully saturated rings. The highest BCUT2D eigenvalue weighted by atomic mass is 31.2. The molecule has 0 aliphatic heterocycles. The predicted molar refractivity (Wildman–Crippen MR) is 149 cm³/mol. The van der Waals surface area contributed by atoms with Gasteiger partial charge in [-0.25, -0.2) is 0 Å². The van der Waals surface area contributed by atoms with E-state index in [-0.39, 0.29) is 18.7 Å². The zero-order valence-electron chi connectivity index (χ0n) is 23.6.